The van der Waals surface area contributed by atoms with Crippen LogP contribution < -0.4 is 40.7 Å². The Balaban J connectivity index is 0.000000199. The highest BCUT2D eigenvalue weighted by Crippen LogP contribution is 2.34. The van der Waals surface area contributed by atoms with E-state index in [2.05, 4.69) is 50.3 Å². The molecule has 0 atom stereocenters. The first-order chi connectivity index (χ1) is 39.4. The molecule has 0 radical (unpaired) electrons. The molecule has 10 aromatic heterocycles. The van der Waals surface area contributed by atoms with E-state index in [4.69, 9.17) is 39.8 Å². The van der Waals surface area contributed by atoms with Crippen molar-refractivity contribution in [1.29, 1.82) is 0 Å². The van der Waals surface area contributed by atoms with Crippen LogP contribution in [0.1, 0.15) is 39.5 Å². The fourth-order valence-electron chi connectivity index (χ4n) is 8.96. The number of ether oxygens (including phenoxy) is 4. The Morgan fingerprint density at radius 3 is 1.48 bits per heavy atom. The number of nitrogens with zero attached hydrogens (tertiary/aromatic N) is 19. The summed E-state index contributed by atoms with van der Waals surface area (Å²) in [6.07, 6.45) is 12.9. The second kappa shape index (κ2) is 24.1. The number of aromatic nitrogens is 18. The third-order valence-electron chi connectivity index (χ3n) is 12.6. The van der Waals surface area contributed by atoms with Crippen molar-refractivity contribution in [1.82, 2.24) is 88.1 Å². The van der Waals surface area contributed by atoms with Gasteiger partial charge in [0.25, 0.3) is 11.1 Å². The van der Waals surface area contributed by atoms with Crippen molar-refractivity contribution in [3.63, 3.8) is 0 Å². The van der Waals surface area contributed by atoms with E-state index in [0.717, 1.165) is 52.6 Å². The SMILES string of the molecule is CCO.COc1ccc(CN(Cc2ccc(OC)c(OC)c2)c2nccc(Cn3ncc4c5sc(Cn6cncn6)nc5n(C)c4c3=O)n2)cc1OC.Cn1c2nc(Cn3cncn3)sc2c2cnn(Cc3ccnc(N)n3)c(=O)c21. The summed E-state index contributed by atoms with van der Waals surface area (Å²) in [7, 11) is 10.1. The third kappa shape index (κ3) is 11.6. The van der Waals surface area contributed by atoms with E-state index in [-0.39, 0.29) is 36.8 Å². The van der Waals surface area contributed by atoms with Gasteiger partial charge in [-0.2, -0.15) is 20.4 Å². The zero-order chi connectivity index (χ0) is 56.7. The molecule has 0 aliphatic carbocycles. The summed E-state index contributed by atoms with van der Waals surface area (Å²) in [5.74, 6) is 3.15. The average Bonchev–Trinajstić information content (AvgIpc) is 4.37. The van der Waals surface area contributed by atoms with Gasteiger partial charge < -0.3 is 43.8 Å². The minimum atomic E-state index is -0.235. The minimum absolute atomic E-state index is 0.147. The van der Waals surface area contributed by atoms with E-state index in [0.29, 0.717) is 77.5 Å². The maximum Gasteiger partial charge on any atom is 0.291 e. The number of anilines is 2. The fourth-order valence-corrected chi connectivity index (χ4v) is 11.2. The normalized spacial score (nSPS) is 11.2. The highest BCUT2D eigenvalue weighted by Gasteiger charge is 2.22. The number of aliphatic hydroxyl groups is 1. The van der Waals surface area contributed by atoms with Crippen LogP contribution in [0.15, 0.2) is 108 Å². The van der Waals surface area contributed by atoms with Crippen molar-refractivity contribution < 1.29 is 24.1 Å². The predicted molar refractivity (Wildman–Crippen MR) is 303 cm³/mol. The number of hydrogen-bond acceptors (Lipinski definition) is 23. The molecular weight excluding hydrogens is 1080 g/mol. The quantitative estimate of drug-likeness (QED) is 0.127. The molecule has 10 heterocycles. The molecule has 0 saturated carbocycles. The van der Waals surface area contributed by atoms with Crippen LogP contribution in [0.4, 0.5) is 11.9 Å². The lowest BCUT2D eigenvalue weighted by Crippen LogP contribution is -2.27. The number of aliphatic hydroxyl groups excluding tert-OH is 1. The Hall–Kier alpha value is -9.74. The van der Waals surface area contributed by atoms with E-state index in [1.807, 2.05) is 60.0 Å². The molecule has 29 heteroatoms. The Morgan fingerprint density at radius 2 is 1.05 bits per heavy atom. The highest BCUT2D eigenvalue weighted by atomic mass is 32.1. The van der Waals surface area contributed by atoms with Gasteiger partial charge in [0.1, 0.15) is 46.4 Å². The predicted octanol–water partition coefficient (Wildman–Crippen LogP) is 4.47. The lowest BCUT2D eigenvalue weighted by molar-refractivity contribution is 0.318. The zero-order valence-electron chi connectivity index (χ0n) is 45.0. The van der Waals surface area contributed by atoms with E-state index in [1.165, 1.54) is 44.7 Å². The van der Waals surface area contributed by atoms with Gasteiger partial charge in [-0.1, -0.05) is 12.1 Å². The highest BCUT2D eigenvalue weighted by molar-refractivity contribution is 7.20. The summed E-state index contributed by atoms with van der Waals surface area (Å²) in [6.45, 7) is 4.22. The number of rotatable bonds is 17. The van der Waals surface area contributed by atoms with Gasteiger partial charge in [0.05, 0.1) is 87.8 Å². The first-order valence-electron chi connectivity index (χ1n) is 24.9. The molecule has 2 aromatic carbocycles. The van der Waals surface area contributed by atoms with E-state index >= 15 is 0 Å². The number of methoxy groups -OCH3 is 4. The lowest BCUT2D eigenvalue weighted by atomic mass is 10.1. The van der Waals surface area contributed by atoms with Crippen LogP contribution in [-0.4, -0.2) is 128 Å². The standard InChI is InChI=1S/C34H34N10O5S.C16H14N10OS.C2H6O/c1-41-30-24(31-32(41)40-29(50-31)18-43-20-35-19-38-43)14-37-44(33(30)45)17-23-10-11-36-34(39-23)42(15-21-6-8-25(46-2)27(12-21)48-4)16-22-7-9-26(47-3)28(13-22)49-5;1-24-12-10(13-14(24)23-11(28-13)6-25-8-18-7-21-25)4-20-26(15(12)27)5-9-2-3-19-16(17)22-9;1-2-3/h6-14,19-20H,15-18H2,1-5H3;2-4,7-8H,5-6H2,1H3,(H2,17,19,22);3H,2H2,1H3. The number of fused-ring (bicyclic) bond motifs is 6. The summed E-state index contributed by atoms with van der Waals surface area (Å²) >= 11 is 3.04. The van der Waals surface area contributed by atoms with Gasteiger partial charge in [0.15, 0.2) is 34.3 Å². The van der Waals surface area contributed by atoms with Crippen molar-refractivity contribution >= 4 is 77.1 Å². The fraction of sp³-hybridized carbons (Fsp3) is 0.269. The monoisotopic (exact) mass is 1130 g/mol. The maximum atomic E-state index is 13.8. The Kier molecular flexibility index (Phi) is 16.2. The molecule has 0 saturated heterocycles. The summed E-state index contributed by atoms with van der Waals surface area (Å²) in [5, 5.41) is 28.0. The summed E-state index contributed by atoms with van der Waals surface area (Å²) in [4.78, 5) is 63.8. The smallest absolute Gasteiger partial charge is 0.291 e. The average molecular weight is 1140 g/mol. The minimum Gasteiger partial charge on any atom is -0.493 e. The van der Waals surface area contributed by atoms with Gasteiger partial charge in [-0.3, -0.25) is 9.59 Å². The molecule has 416 valence electrons. The summed E-state index contributed by atoms with van der Waals surface area (Å²) in [6, 6.07) is 15.0. The van der Waals surface area contributed by atoms with Crippen LogP contribution in [-0.2, 0) is 53.4 Å². The molecule has 0 spiro atoms. The van der Waals surface area contributed by atoms with Gasteiger partial charge in [-0.25, -0.2) is 58.6 Å². The zero-order valence-corrected chi connectivity index (χ0v) is 46.6. The third-order valence-corrected chi connectivity index (χ3v) is 14.8. The van der Waals surface area contributed by atoms with Crippen molar-refractivity contribution in [2.75, 3.05) is 45.7 Å². The second-order valence-corrected chi connectivity index (χ2v) is 20.0. The van der Waals surface area contributed by atoms with Crippen molar-refractivity contribution in [2.24, 2.45) is 14.1 Å². The van der Waals surface area contributed by atoms with Gasteiger partial charge in [-0.05, 0) is 54.4 Å². The van der Waals surface area contributed by atoms with E-state index in [9.17, 15) is 9.59 Å². The molecule has 0 aliphatic heterocycles. The molecule has 0 unspecified atom stereocenters. The lowest BCUT2D eigenvalue weighted by Gasteiger charge is -2.24. The van der Waals surface area contributed by atoms with Crippen LogP contribution in [0, 0.1) is 0 Å². The molecule has 0 fully saturated rings. The van der Waals surface area contributed by atoms with Gasteiger partial charge >= 0.3 is 0 Å². The largest absolute Gasteiger partial charge is 0.493 e. The van der Waals surface area contributed by atoms with Crippen LogP contribution in [0.5, 0.6) is 23.0 Å². The van der Waals surface area contributed by atoms with Crippen LogP contribution in [0.3, 0.4) is 0 Å². The second-order valence-electron chi connectivity index (χ2n) is 17.9. The Bertz CT molecular complexity index is 4210. The number of nitrogen functional groups attached to an aromatic ring is 1. The Labute approximate surface area is 468 Å². The topological polar surface area (TPSA) is 305 Å². The van der Waals surface area contributed by atoms with Crippen molar-refractivity contribution in [3.05, 3.63) is 152 Å². The number of thiazole rings is 2. The molecule has 12 rings (SSSR count). The Morgan fingerprint density at radius 1 is 0.593 bits per heavy atom. The molecule has 0 bridgehead atoms. The molecule has 0 aliphatic rings. The summed E-state index contributed by atoms with van der Waals surface area (Å²) < 4.78 is 33.7. The first-order valence-corrected chi connectivity index (χ1v) is 26.5. The molecule has 12 aromatic rings. The van der Waals surface area contributed by atoms with Crippen LogP contribution in [0.2, 0.25) is 0 Å². The van der Waals surface area contributed by atoms with E-state index < -0.39 is 0 Å². The maximum absolute atomic E-state index is 13.8. The van der Waals surface area contributed by atoms with E-state index in [1.54, 1.807) is 98.9 Å². The molecule has 0 amide bonds. The first kappa shape index (κ1) is 54.6. The van der Waals surface area contributed by atoms with Gasteiger partial charge in [0.2, 0.25) is 11.9 Å². The molecule has 27 nitrogen and oxygen atoms in total. The van der Waals surface area contributed by atoms with Gasteiger partial charge in [-0.15, -0.1) is 22.7 Å². The molecule has 81 heavy (non-hydrogen) atoms. The van der Waals surface area contributed by atoms with Crippen LogP contribution in [0.25, 0.3) is 42.5 Å². The van der Waals surface area contributed by atoms with Gasteiger partial charge in [0, 0.05) is 57.0 Å². The summed E-state index contributed by atoms with van der Waals surface area (Å²) in [5.41, 5.74) is 10.9. The number of nitrogens with two attached hydrogens (primary N) is 1. The van der Waals surface area contributed by atoms with Crippen LogP contribution >= 0.6 is 22.7 Å². The molecular formula is C52H54N20O7S2. The number of aryl methyl sites for hydroxylation is 2. The molecule has 3 N–H and O–H groups in total. The van der Waals surface area contributed by atoms with Crippen molar-refractivity contribution in [3.8, 4) is 23.0 Å². The van der Waals surface area contributed by atoms with Crippen molar-refractivity contribution in [2.45, 2.75) is 46.2 Å². The number of benzene rings is 2. The number of hydrogen-bond donors (Lipinski definition) is 2.